The van der Waals surface area contributed by atoms with Crippen molar-refractivity contribution in [2.75, 3.05) is 13.1 Å². The van der Waals surface area contributed by atoms with Gasteiger partial charge in [0.2, 0.25) is 0 Å². The molecule has 0 rings (SSSR count). The van der Waals surface area contributed by atoms with Crippen LogP contribution in [-0.4, -0.2) is 26.0 Å². The monoisotopic (exact) mass is 156 g/mol. The molecule has 0 aliphatic carbocycles. The number of hydrogen-bond donors (Lipinski definition) is 0. The second-order valence-electron chi connectivity index (χ2n) is 1.65. The van der Waals surface area contributed by atoms with Gasteiger partial charge in [-0.25, -0.2) is 0 Å². The van der Waals surface area contributed by atoms with Gasteiger partial charge >= 0.3 is 0 Å². The zero-order chi connectivity index (χ0) is 9.07. The lowest BCUT2D eigenvalue weighted by atomic mass is 10.5. The van der Waals surface area contributed by atoms with Gasteiger partial charge in [0.1, 0.15) is 0 Å². The van der Waals surface area contributed by atoms with Crippen LogP contribution in [0.5, 0.6) is 0 Å². The van der Waals surface area contributed by atoms with Crippen LogP contribution < -0.4 is 0 Å². The lowest BCUT2D eigenvalue weighted by Gasteiger charge is -1.80. The highest BCUT2D eigenvalue weighted by Crippen LogP contribution is 1.68. The van der Waals surface area contributed by atoms with E-state index in [9.17, 15) is 0 Å². The van der Waals surface area contributed by atoms with Crippen molar-refractivity contribution in [3.8, 4) is 36.0 Å². The van der Waals surface area contributed by atoms with Crippen LogP contribution in [0.2, 0.25) is 0 Å². The van der Waals surface area contributed by atoms with Crippen LogP contribution >= 0.6 is 0 Å². The molecule has 0 unspecified atom stereocenters. The highest BCUT2D eigenvalue weighted by atomic mass is 14.8. The molecule has 0 aliphatic heterocycles. The summed E-state index contributed by atoms with van der Waals surface area (Å²) >= 11 is 0. The standard InChI is InChI=1S/C10H8N2/c1-3-4-5-6-7-8-12-10-9-11-2/h1,8H,2,9-10H2. The molecule has 2 nitrogen and oxygen atoms in total. The first kappa shape index (κ1) is 10.0. The fourth-order valence-electron chi connectivity index (χ4n) is 0.374. The van der Waals surface area contributed by atoms with Gasteiger partial charge in [-0.2, -0.15) is 0 Å². The molecule has 0 aliphatic rings. The van der Waals surface area contributed by atoms with E-state index >= 15 is 0 Å². The summed E-state index contributed by atoms with van der Waals surface area (Å²) in [6.45, 7) is 4.55. The Kier molecular flexibility index (Phi) is 7.53. The van der Waals surface area contributed by atoms with Gasteiger partial charge < -0.3 is 0 Å². The first-order valence-corrected chi connectivity index (χ1v) is 3.28. The van der Waals surface area contributed by atoms with Gasteiger partial charge in [0.05, 0.1) is 19.3 Å². The van der Waals surface area contributed by atoms with Gasteiger partial charge in [-0.3, -0.25) is 9.98 Å². The van der Waals surface area contributed by atoms with E-state index in [-0.39, 0.29) is 0 Å². The molecule has 0 amide bonds. The summed E-state index contributed by atoms with van der Waals surface area (Å²) in [5.74, 6) is 12.1. The lowest BCUT2D eigenvalue weighted by Crippen LogP contribution is -1.84. The molecule has 0 aromatic carbocycles. The third-order valence-electron chi connectivity index (χ3n) is 0.812. The van der Waals surface area contributed by atoms with E-state index in [1.807, 2.05) is 0 Å². The Bertz CT molecular complexity index is 310. The first-order valence-electron chi connectivity index (χ1n) is 3.28. The first-order chi connectivity index (χ1) is 5.91. The third-order valence-corrected chi connectivity index (χ3v) is 0.812. The van der Waals surface area contributed by atoms with Gasteiger partial charge in [-0.15, -0.1) is 6.42 Å². The van der Waals surface area contributed by atoms with Gasteiger partial charge in [0.25, 0.3) is 0 Å². The van der Waals surface area contributed by atoms with E-state index in [0.29, 0.717) is 13.1 Å². The van der Waals surface area contributed by atoms with Crippen molar-refractivity contribution in [1.29, 1.82) is 0 Å². The summed E-state index contributed by atoms with van der Waals surface area (Å²) in [6.07, 6.45) is 6.35. The molecule has 2 heteroatoms. The fraction of sp³-hybridized carbons (Fsp3) is 0.200. The molecule has 0 fully saturated rings. The Morgan fingerprint density at radius 2 is 2.08 bits per heavy atom. The molecule has 0 aromatic rings. The Morgan fingerprint density at radius 1 is 1.25 bits per heavy atom. The predicted octanol–water partition coefficient (Wildman–Crippen LogP) is 0.398. The molecule has 0 saturated heterocycles. The van der Waals surface area contributed by atoms with E-state index in [1.54, 1.807) is 0 Å². The van der Waals surface area contributed by atoms with Crippen molar-refractivity contribution in [3.63, 3.8) is 0 Å². The minimum absolute atomic E-state index is 0.612. The summed E-state index contributed by atoms with van der Waals surface area (Å²) < 4.78 is 0. The Balaban J connectivity index is 3.64. The molecular weight excluding hydrogens is 148 g/mol. The van der Waals surface area contributed by atoms with Crippen LogP contribution in [0.25, 0.3) is 0 Å². The molecule has 0 radical (unpaired) electrons. The second kappa shape index (κ2) is 9.02. The molecule has 0 bridgehead atoms. The van der Waals surface area contributed by atoms with E-state index in [1.165, 1.54) is 6.21 Å². The maximum atomic E-state index is 4.86. The van der Waals surface area contributed by atoms with Crippen LogP contribution in [0.3, 0.4) is 0 Å². The molecule has 0 atom stereocenters. The van der Waals surface area contributed by atoms with Crippen LogP contribution in [-0.2, 0) is 0 Å². The molecule has 58 valence electrons. The van der Waals surface area contributed by atoms with E-state index in [2.05, 4.69) is 46.3 Å². The Hall–Kier alpha value is -1.98. The normalized spacial score (nSPS) is 7.25. The van der Waals surface area contributed by atoms with Crippen LogP contribution in [0.15, 0.2) is 9.98 Å². The molecule has 0 heterocycles. The number of hydrogen-bond acceptors (Lipinski definition) is 2. The quantitative estimate of drug-likeness (QED) is 0.321. The minimum atomic E-state index is 0.612. The van der Waals surface area contributed by atoms with Crippen LogP contribution in [0, 0.1) is 36.0 Å². The number of terminal acetylenes is 1. The summed E-state index contributed by atoms with van der Waals surface area (Å²) in [7, 11) is 0. The Labute approximate surface area is 72.8 Å². The lowest BCUT2D eigenvalue weighted by molar-refractivity contribution is 0.990. The van der Waals surface area contributed by atoms with Crippen LogP contribution in [0.1, 0.15) is 0 Å². The van der Waals surface area contributed by atoms with E-state index in [0.717, 1.165) is 0 Å². The topological polar surface area (TPSA) is 24.7 Å². The molecule has 0 N–H and O–H groups in total. The van der Waals surface area contributed by atoms with Gasteiger partial charge in [0.15, 0.2) is 0 Å². The maximum absolute atomic E-state index is 4.86. The maximum Gasteiger partial charge on any atom is 0.0722 e. The third kappa shape index (κ3) is 8.02. The van der Waals surface area contributed by atoms with Gasteiger partial charge in [-0.05, 0) is 36.3 Å². The number of rotatable bonds is 3. The SMILES string of the molecule is C#CC#CC#CC=NCCN=C. The van der Waals surface area contributed by atoms with Crippen molar-refractivity contribution >= 4 is 12.9 Å². The smallest absolute Gasteiger partial charge is 0.0722 e. The molecule has 0 aromatic heterocycles. The number of aliphatic imine (C=N–C) groups is 2. The highest BCUT2D eigenvalue weighted by Gasteiger charge is 1.71. The predicted molar refractivity (Wildman–Crippen MR) is 52.2 cm³/mol. The van der Waals surface area contributed by atoms with Gasteiger partial charge in [-0.1, -0.05) is 0 Å². The largest absolute Gasteiger partial charge is 0.299 e. The minimum Gasteiger partial charge on any atom is -0.299 e. The summed E-state index contributed by atoms with van der Waals surface area (Å²) in [5, 5.41) is 0. The molecule has 0 spiro atoms. The zero-order valence-electron chi connectivity index (χ0n) is 6.67. The van der Waals surface area contributed by atoms with Crippen molar-refractivity contribution in [1.82, 2.24) is 0 Å². The summed E-state index contributed by atoms with van der Waals surface area (Å²) in [5.41, 5.74) is 0. The molecule has 0 saturated carbocycles. The average molecular weight is 156 g/mol. The zero-order valence-corrected chi connectivity index (χ0v) is 6.67. The second-order valence-corrected chi connectivity index (χ2v) is 1.65. The van der Waals surface area contributed by atoms with Crippen LogP contribution in [0.4, 0.5) is 0 Å². The highest BCUT2D eigenvalue weighted by molar-refractivity contribution is 5.79. The Morgan fingerprint density at radius 3 is 2.75 bits per heavy atom. The fourth-order valence-corrected chi connectivity index (χ4v) is 0.374. The van der Waals surface area contributed by atoms with E-state index < -0.39 is 0 Å². The summed E-state index contributed by atoms with van der Waals surface area (Å²) in [4.78, 5) is 7.52. The number of nitrogens with zero attached hydrogens (tertiary/aromatic N) is 2. The average Bonchev–Trinajstić information content (AvgIpc) is 2.10. The van der Waals surface area contributed by atoms with E-state index in [4.69, 9.17) is 6.42 Å². The van der Waals surface area contributed by atoms with Crippen molar-refractivity contribution in [2.24, 2.45) is 9.98 Å². The van der Waals surface area contributed by atoms with Crippen molar-refractivity contribution < 1.29 is 0 Å². The molecule has 12 heavy (non-hydrogen) atoms. The van der Waals surface area contributed by atoms with Crippen molar-refractivity contribution in [2.45, 2.75) is 0 Å². The van der Waals surface area contributed by atoms with Crippen molar-refractivity contribution in [3.05, 3.63) is 0 Å². The molecular formula is C10H8N2. The summed E-state index contributed by atoms with van der Waals surface area (Å²) in [6, 6.07) is 0. The van der Waals surface area contributed by atoms with Gasteiger partial charge in [0, 0.05) is 0 Å².